The Hall–Kier alpha value is -2.96. The van der Waals surface area contributed by atoms with E-state index in [-0.39, 0.29) is 11.3 Å². The molecule has 1 aliphatic heterocycles. The summed E-state index contributed by atoms with van der Waals surface area (Å²) in [5.74, 6) is -0.718. The summed E-state index contributed by atoms with van der Waals surface area (Å²) in [6, 6.07) is 18.0. The normalized spacial score (nSPS) is 14.1. The van der Waals surface area contributed by atoms with Gasteiger partial charge in [-0.1, -0.05) is 63.2 Å². The summed E-state index contributed by atoms with van der Waals surface area (Å²) >= 11 is 1.46. The number of primary amides is 1. The molecule has 4 rings (SSSR count). The molecule has 166 valence electrons. The molecule has 0 saturated heterocycles. The highest BCUT2D eigenvalue weighted by atomic mass is 32.1. The molecule has 0 atom stereocenters. The molecule has 0 saturated carbocycles. The van der Waals surface area contributed by atoms with Crippen LogP contribution in [0.4, 0.5) is 5.00 Å². The number of fused-ring (bicyclic) bond motifs is 1. The Balaban J connectivity index is 1.54. The summed E-state index contributed by atoms with van der Waals surface area (Å²) < 4.78 is 0. The molecule has 3 N–H and O–H groups in total. The number of rotatable bonds is 5. The van der Waals surface area contributed by atoms with Gasteiger partial charge in [0, 0.05) is 30.1 Å². The number of anilines is 1. The number of hydrogen-bond donors (Lipinski definition) is 2. The highest BCUT2D eigenvalue weighted by Crippen LogP contribution is 2.37. The van der Waals surface area contributed by atoms with Gasteiger partial charge < -0.3 is 11.1 Å². The Kier molecular flexibility index (Phi) is 6.17. The molecule has 2 amide bonds. The van der Waals surface area contributed by atoms with Gasteiger partial charge in [0.1, 0.15) is 5.00 Å². The Morgan fingerprint density at radius 3 is 2.38 bits per heavy atom. The van der Waals surface area contributed by atoms with Gasteiger partial charge in [-0.2, -0.15) is 0 Å². The number of nitrogens with zero attached hydrogens (tertiary/aromatic N) is 1. The fourth-order valence-corrected chi connectivity index (χ4v) is 5.37. The van der Waals surface area contributed by atoms with Crippen LogP contribution in [0.15, 0.2) is 54.6 Å². The standard InChI is InChI=1S/C26H29N3O2S/c1-26(2,3)19-11-9-18(10-12-19)24(31)28-25-22(23(27)30)20-13-14-29(16-21(20)32-25)15-17-7-5-4-6-8-17/h4-12H,13-16H2,1-3H3,(H2,27,30)(H,28,31). The summed E-state index contributed by atoms with van der Waals surface area (Å²) in [4.78, 5) is 28.6. The molecule has 5 nitrogen and oxygen atoms in total. The monoisotopic (exact) mass is 447 g/mol. The van der Waals surface area contributed by atoms with Crippen molar-refractivity contribution in [2.75, 3.05) is 11.9 Å². The van der Waals surface area contributed by atoms with Gasteiger partial charge >= 0.3 is 0 Å². The van der Waals surface area contributed by atoms with Crippen molar-refractivity contribution in [3.8, 4) is 0 Å². The maximum Gasteiger partial charge on any atom is 0.256 e. The molecule has 0 fully saturated rings. The minimum atomic E-state index is -0.489. The first-order valence-corrected chi connectivity index (χ1v) is 11.7. The smallest absolute Gasteiger partial charge is 0.256 e. The Labute approximate surface area is 193 Å². The molecule has 0 spiro atoms. The largest absolute Gasteiger partial charge is 0.365 e. The van der Waals surface area contributed by atoms with Gasteiger partial charge in [-0.3, -0.25) is 14.5 Å². The number of carbonyl (C=O) groups is 2. The molecule has 0 aliphatic carbocycles. The van der Waals surface area contributed by atoms with Crippen LogP contribution in [0.25, 0.3) is 0 Å². The van der Waals surface area contributed by atoms with Crippen LogP contribution < -0.4 is 11.1 Å². The van der Waals surface area contributed by atoms with Gasteiger partial charge in [0.2, 0.25) is 0 Å². The van der Waals surface area contributed by atoms with Crippen molar-refractivity contribution in [1.29, 1.82) is 0 Å². The first-order chi connectivity index (χ1) is 15.2. The number of hydrogen-bond acceptors (Lipinski definition) is 4. The number of nitrogens with one attached hydrogen (secondary N) is 1. The lowest BCUT2D eigenvalue weighted by atomic mass is 9.87. The summed E-state index contributed by atoms with van der Waals surface area (Å²) in [7, 11) is 0. The predicted molar refractivity (Wildman–Crippen MR) is 130 cm³/mol. The topological polar surface area (TPSA) is 75.4 Å². The molecule has 1 aromatic heterocycles. The van der Waals surface area contributed by atoms with E-state index in [2.05, 4.69) is 43.1 Å². The molecule has 3 aromatic rings. The van der Waals surface area contributed by atoms with Crippen LogP contribution >= 0.6 is 11.3 Å². The van der Waals surface area contributed by atoms with Crippen molar-refractivity contribution in [2.45, 2.75) is 45.7 Å². The first-order valence-electron chi connectivity index (χ1n) is 10.8. The van der Waals surface area contributed by atoms with E-state index in [4.69, 9.17) is 5.73 Å². The van der Waals surface area contributed by atoms with Crippen molar-refractivity contribution >= 4 is 28.2 Å². The molecular formula is C26H29N3O2S. The SMILES string of the molecule is CC(C)(C)c1ccc(C(=O)Nc2sc3c(c2C(N)=O)CCN(Cc2ccccc2)C3)cc1. The van der Waals surface area contributed by atoms with Crippen LogP contribution in [-0.2, 0) is 24.9 Å². The van der Waals surface area contributed by atoms with Crippen LogP contribution in [0, 0.1) is 0 Å². The van der Waals surface area contributed by atoms with E-state index in [1.165, 1.54) is 16.9 Å². The zero-order chi connectivity index (χ0) is 22.9. The zero-order valence-electron chi connectivity index (χ0n) is 18.8. The Bertz CT molecular complexity index is 1130. The zero-order valence-corrected chi connectivity index (χ0v) is 19.6. The van der Waals surface area contributed by atoms with Crippen molar-refractivity contribution in [3.63, 3.8) is 0 Å². The fraction of sp³-hybridized carbons (Fsp3) is 0.308. The van der Waals surface area contributed by atoms with Crippen LogP contribution in [0.3, 0.4) is 0 Å². The summed E-state index contributed by atoms with van der Waals surface area (Å²) in [6.07, 6.45) is 0.743. The number of amides is 2. The number of benzene rings is 2. The van der Waals surface area contributed by atoms with E-state index in [9.17, 15) is 9.59 Å². The molecule has 2 heterocycles. The van der Waals surface area contributed by atoms with Gasteiger partial charge in [-0.25, -0.2) is 0 Å². The van der Waals surface area contributed by atoms with E-state index in [1.807, 2.05) is 42.5 Å². The van der Waals surface area contributed by atoms with Gasteiger partial charge in [0.25, 0.3) is 11.8 Å². The molecule has 0 radical (unpaired) electrons. The van der Waals surface area contributed by atoms with E-state index < -0.39 is 5.91 Å². The second-order valence-electron chi connectivity index (χ2n) is 9.30. The summed E-state index contributed by atoms with van der Waals surface area (Å²) in [5.41, 5.74) is 10.2. The van der Waals surface area contributed by atoms with E-state index >= 15 is 0 Å². The second-order valence-corrected chi connectivity index (χ2v) is 10.4. The highest BCUT2D eigenvalue weighted by molar-refractivity contribution is 7.17. The quantitative estimate of drug-likeness (QED) is 0.581. The average molecular weight is 448 g/mol. The number of nitrogens with two attached hydrogens (primary N) is 1. The molecule has 1 aliphatic rings. The lowest BCUT2D eigenvalue weighted by Crippen LogP contribution is -2.30. The minimum Gasteiger partial charge on any atom is -0.365 e. The van der Waals surface area contributed by atoms with Crippen LogP contribution in [0.1, 0.15) is 63.1 Å². The first kappa shape index (κ1) is 22.2. The second kappa shape index (κ2) is 8.88. The lowest BCUT2D eigenvalue weighted by molar-refractivity contribution is 0.0999. The van der Waals surface area contributed by atoms with E-state index in [1.54, 1.807) is 0 Å². The third-order valence-electron chi connectivity index (χ3n) is 5.87. The number of thiophene rings is 1. The fourth-order valence-electron chi connectivity index (χ4n) is 4.08. The van der Waals surface area contributed by atoms with Crippen molar-refractivity contribution in [3.05, 3.63) is 87.3 Å². The predicted octanol–water partition coefficient (Wildman–Crippen LogP) is 4.96. The molecule has 6 heteroatoms. The average Bonchev–Trinajstić information content (AvgIpc) is 3.11. The van der Waals surface area contributed by atoms with Gasteiger partial charge in [-0.15, -0.1) is 11.3 Å². The number of carbonyl (C=O) groups excluding carboxylic acids is 2. The summed E-state index contributed by atoms with van der Waals surface area (Å²) in [5, 5.41) is 3.50. The molecular weight excluding hydrogens is 418 g/mol. The lowest BCUT2D eigenvalue weighted by Gasteiger charge is -2.27. The maximum atomic E-state index is 12.9. The Morgan fingerprint density at radius 1 is 1.06 bits per heavy atom. The van der Waals surface area contributed by atoms with E-state index in [0.29, 0.717) is 16.1 Å². The minimum absolute atomic E-state index is 0.0204. The third-order valence-corrected chi connectivity index (χ3v) is 7.00. The third kappa shape index (κ3) is 4.76. The highest BCUT2D eigenvalue weighted by Gasteiger charge is 2.28. The van der Waals surface area contributed by atoms with E-state index in [0.717, 1.165) is 42.1 Å². The van der Waals surface area contributed by atoms with Gasteiger partial charge in [0.15, 0.2) is 0 Å². The molecule has 0 bridgehead atoms. The summed E-state index contributed by atoms with van der Waals surface area (Å²) in [6.45, 7) is 8.85. The van der Waals surface area contributed by atoms with Crippen molar-refractivity contribution < 1.29 is 9.59 Å². The Morgan fingerprint density at radius 2 is 1.75 bits per heavy atom. The molecule has 0 unspecified atom stereocenters. The van der Waals surface area contributed by atoms with Gasteiger partial charge in [0.05, 0.1) is 5.56 Å². The van der Waals surface area contributed by atoms with Gasteiger partial charge in [-0.05, 0) is 40.7 Å². The van der Waals surface area contributed by atoms with Crippen molar-refractivity contribution in [1.82, 2.24) is 4.90 Å². The van der Waals surface area contributed by atoms with Crippen LogP contribution in [0.2, 0.25) is 0 Å². The van der Waals surface area contributed by atoms with Crippen molar-refractivity contribution in [2.24, 2.45) is 5.73 Å². The molecule has 32 heavy (non-hydrogen) atoms. The molecule has 2 aromatic carbocycles. The maximum absolute atomic E-state index is 12.9. The van der Waals surface area contributed by atoms with Crippen LogP contribution in [0.5, 0.6) is 0 Å². The van der Waals surface area contributed by atoms with Crippen LogP contribution in [-0.4, -0.2) is 23.3 Å².